The molecule has 3 saturated carbocycles. The molecule has 9 rings (SSSR count). The van der Waals surface area contributed by atoms with Crippen LogP contribution in [0.15, 0.2) is 72.0 Å². The number of ketones is 1. The molecule has 6 aliphatic carbocycles. The minimum Gasteiger partial charge on any atom is -0.512 e. The Morgan fingerprint density at radius 2 is 1.53 bits per heavy atom. The first-order valence-electron chi connectivity index (χ1n) is 12.8. The van der Waals surface area contributed by atoms with Gasteiger partial charge in [-0.2, -0.15) is 0 Å². The molecule has 0 radical (unpaired) electrons. The van der Waals surface area contributed by atoms with Crippen molar-refractivity contribution in [3.05, 3.63) is 88.7 Å². The van der Waals surface area contributed by atoms with E-state index in [4.69, 9.17) is 0 Å². The second kappa shape index (κ2) is 7.18. The molecule has 0 saturated heterocycles. The van der Waals surface area contributed by atoms with Crippen LogP contribution in [-0.2, 0) is 10.2 Å². The third-order valence-electron chi connectivity index (χ3n) is 9.17. The summed E-state index contributed by atoms with van der Waals surface area (Å²) < 4.78 is 0. The lowest BCUT2D eigenvalue weighted by Gasteiger charge is -2.58. The Hall–Kier alpha value is -3.13. The Morgan fingerprint density at radius 3 is 2.26 bits per heavy atom. The number of rotatable bonds is 3. The van der Waals surface area contributed by atoms with Crippen molar-refractivity contribution in [3.8, 4) is 11.1 Å². The summed E-state index contributed by atoms with van der Waals surface area (Å²) in [6, 6.07) is 19.8. The molecule has 2 unspecified atom stereocenters. The molecule has 1 N–H and O–H groups in total. The van der Waals surface area contributed by atoms with E-state index < -0.39 is 0 Å². The van der Waals surface area contributed by atoms with Gasteiger partial charge in [-0.25, -0.2) is 0 Å². The predicted octanol–water partition coefficient (Wildman–Crippen LogP) is 7.84. The zero-order chi connectivity index (χ0) is 23.0. The smallest absolute Gasteiger partial charge is 0.166 e. The fraction of sp³-hybridized carbons (Fsp3) is 0.344. The summed E-state index contributed by atoms with van der Waals surface area (Å²) in [4.78, 5) is 12.4. The number of hydrogen-bond acceptors (Lipinski definition) is 2. The van der Waals surface area contributed by atoms with E-state index in [1.807, 2.05) is 12.1 Å². The molecule has 3 fully saturated rings. The maximum Gasteiger partial charge on any atom is 0.166 e. The molecule has 170 valence electrons. The average molecular weight is 447 g/mol. The second-order valence-electron chi connectivity index (χ2n) is 11.1. The van der Waals surface area contributed by atoms with E-state index in [0.717, 1.165) is 34.6 Å². The Morgan fingerprint density at radius 1 is 0.853 bits per heavy atom. The summed E-state index contributed by atoms with van der Waals surface area (Å²) >= 11 is 0. The minimum atomic E-state index is 0.0521. The van der Waals surface area contributed by atoms with Crippen LogP contribution in [0.5, 0.6) is 0 Å². The minimum absolute atomic E-state index is 0.0521. The van der Waals surface area contributed by atoms with E-state index in [-0.39, 0.29) is 11.5 Å². The van der Waals surface area contributed by atoms with E-state index in [0.29, 0.717) is 23.8 Å². The van der Waals surface area contributed by atoms with Crippen molar-refractivity contribution in [2.45, 2.75) is 57.3 Å². The van der Waals surface area contributed by atoms with Gasteiger partial charge in [-0.15, -0.1) is 0 Å². The lowest BCUT2D eigenvalue weighted by Crippen LogP contribution is -2.49. The molecule has 2 heteroatoms. The van der Waals surface area contributed by atoms with Crippen molar-refractivity contribution in [2.24, 2.45) is 11.8 Å². The van der Waals surface area contributed by atoms with Gasteiger partial charge in [0.05, 0.1) is 5.57 Å². The fourth-order valence-corrected chi connectivity index (χ4v) is 7.47. The van der Waals surface area contributed by atoms with Gasteiger partial charge in [0.1, 0.15) is 5.76 Å². The number of aryl methyl sites for hydroxylation is 1. The topological polar surface area (TPSA) is 37.3 Å². The van der Waals surface area contributed by atoms with Gasteiger partial charge in [-0.05, 0) is 102 Å². The Labute approximate surface area is 201 Å². The molecule has 0 heterocycles. The number of carbonyl (C=O) groups is 1. The molecule has 4 bridgehead atoms. The molecule has 0 spiro atoms. The van der Waals surface area contributed by atoms with Gasteiger partial charge in [0.2, 0.25) is 0 Å². The summed E-state index contributed by atoms with van der Waals surface area (Å²) in [6.45, 7) is 2.28. The number of Topliss-reactive ketones (excluding diaryl/α,β-unsaturated/α-hetero) is 1. The molecular formula is C32H30O2. The molecule has 3 aromatic carbocycles. The predicted molar refractivity (Wildman–Crippen MR) is 138 cm³/mol. The third-order valence-corrected chi connectivity index (χ3v) is 9.17. The van der Waals surface area contributed by atoms with E-state index >= 15 is 0 Å². The molecule has 3 aromatic rings. The molecule has 34 heavy (non-hydrogen) atoms. The number of hydrogen-bond donors (Lipinski definition) is 1. The highest BCUT2D eigenvalue weighted by Crippen LogP contribution is 2.63. The van der Waals surface area contributed by atoms with Crippen LogP contribution in [0.2, 0.25) is 0 Å². The van der Waals surface area contributed by atoms with E-state index in [1.165, 1.54) is 42.4 Å². The first-order chi connectivity index (χ1) is 16.5. The maximum absolute atomic E-state index is 12.4. The quantitative estimate of drug-likeness (QED) is 0.416. The fourth-order valence-electron chi connectivity index (χ4n) is 7.47. The zero-order valence-corrected chi connectivity index (χ0v) is 19.7. The van der Waals surface area contributed by atoms with Crippen molar-refractivity contribution in [2.75, 3.05) is 0 Å². The van der Waals surface area contributed by atoms with Crippen LogP contribution in [0.25, 0.3) is 27.5 Å². The highest BCUT2D eigenvalue weighted by molar-refractivity contribution is 6.22. The lowest BCUT2D eigenvalue weighted by molar-refractivity contribution is -0.114. The number of fused-ring (bicyclic) bond motifs is 2. The van der Waals surface area contributed by atoms with Crippen molar-refractivity contribution >= 4 is 22.1 Å². The van der Waals surface area contributed by atoms with Crippen LogP contribution in [-0.4, -0.2) is 10.9 Å². The van der Waals surface area contributed by atoms with Crippen LogP contribution in [0.4, 0.5) is 0 Å². The van der Waals surface area contributed by atoms with Crippen LogP contribution in [0.3, 0.4) is 0 Å². The molecule has 2 atom stereocenters. The van der Waals surface area contributed by atoms with Gasteiger partial charge in [0, 0.05) is 18.3 Å². The number of benzene rings is 3. The Bertz CT molecular complexity index is 1420. The van der Waals surface area contributed by atoms with Gasteiger partial charge in [0.25, 0.3) is 0 Å². The van der Waals surface area contributed by atoms with Crippen LogP contribution < -0.4 is 0 Å². The standard InChI is InChI=1S/C32H30O2/c1-19-5-6-23(16-28(19)32-12-11-27-25(17-32)15-26(27)18-32)21-7-8-22-14-24(10-9-20(22)13-21)31-29(33)3-2-4-30(31)34/h5-11,13-14,16,25-26,33H,2-4,12,15,17-18H2,1H3. The van der Waals surface area contributed by atoms with Crippen LogP contribution in [0.1, 0.15) is 61.6 Å². The van der Waals surface area contributed by atoms with Crippen molar-refractivity contribution in [3.63, 3.8) is 0 Å². The number of allylic oxidation sites excluding steroid dienone is 4. The first-order valence-corrected chi connectivity index (χ1v) is 12.8. The van der Waals surface area contributed by atoms with Crippen LogP contribution >= 0.6 is 0 Å². The molecule has 0 amide bonds. The van der Waals surface area contributed by atoms with E-state index in [1.54, 1.807) is 11.1 Å². The van der Waals surface area contributed by atoms with Crippen molar-refractivity contribution in [1.29, 1.82) is 0 Å². The number of aliphatic hydroxyl groups excluding tert-OH is 1. The number of aliphatic hydroxyl groups is 1. The average Bonchev–Trinajstić information content (AvgIpc) is 2.84. The van der Waals surface area contributed by atoms with Gasteiger partial charge in [-0.3, -0.25) is 4.79 Å². The molecule has 2 nitrogen and oxygen atoms in total. The van der Waals surface area contributed by atoms with Crippen LogP contribution in [0, 0.1) is 18.8 Å². The highest BCUT2D eigenvalue weighted by Gasteiger charge is 2.53. The van der Waals surface area contributed by atoms with Gasteiger partial charge in [-0.1, -0.05) is 54.1 Å². The largest absolute Gasteiger partial charge is 0.512 e. The number of carbonyl (C=O) groups excluding carboxylic acids is 1. The Balaban J connectivity index is 1.26. The normalized spacial score (nSPS) is 27.7. The van der Waals surface area contributed by atoms with Crippen molar-refractivity contribution < 1.29 is 9.90 Å². The SMILES string of the molecule is Cc1ccc(-c2ccc3cc(C4=C(O)CCCC4=O)ccc3c2)cc1C12CC=C3C(CC3C1)C2. The summed E-state index contributed by atoms with van der Waals surface area (Å²) in [6.07, 6.45) is 9.71. The monoisotopic (exact) mass is 446 g/mol. The van der Waals surface area contributed by atoms with Gasteiger partial charge in [0.15, 0.2) is 5.78 Å². The summed E-state index contributed by atoms with van der Waals surface area (Å²) in [7, 11) is 0. The molecule has 6 aliphatic rings. The second-order valence-corrected chi connectivity index (χ2v) is 11.1. The van der Waals surface area contributed by atoms with Crippen molar-refractivity contribution in [1.82, 2.24) is 0 Å². The van der Waals surface area contributed by atoms with E-state index in [2.05, 4.69) is 55.5 Å². The summed E-state index contributed by atoms with van der Waals surface area (Å²) in [5.74, 6) is 1.98. The third kappa shape index (κ3) is 2.90. The van der Waals surface area contributed by atoms with Gasteiger partial charge < -0.3 is 5.11 Å². The zero-order valence-electron chi connectivity index (χ0n) is 19.7. The molecule has 0 aliphatic heterocycles. The molecule has 0 aromatic heterocycles. The summed E-state index contributed by atoms with van der Waals surface area (Å²) in [5.41, 5.74) is 8.96. The maximum atomic E-state index is 12.4. The summed E-state index contributed by atoms with van der Waals surface area (Å²) in [5, 5.41) is 12.6. The lowest BCUT2D eigenvalue weighted by atomic mass is 9.46. The Kier molecular flexibility index (Phi) is 4.28. The van der Waals surface area contributed by atoms with E-state index in [9.17, 15) is 9.90 Å². The first kappa shape index (κ1) is 20.3. The molecular weight excluding hydrogens is 416 g/mol. The highest BCUT2D eigenvalue weighted by atomic mass is 16.3. The van der Waals surface area contributed by atoms with Gasteiger partial charge >= 0.3 is 0 Å².